The SMILES string of the molecule is COc1ccc(-c2[nH]ncc2/C=C(/C#N)C(=O)C(C)(C)C)cc1. The van der Waals surface area contributed by atoms with Gasteiger partial charge in [-0.1, -0.05) is 20.8 Å². The molecule has 2 rings (SSSR count). The van der Waals surface area contributed by atoms with E-state index in [1.807, 2.05) is 30.3 Å². The molecule has 5 heteroatoms. The molecule has 0 amide bonds. The molecular formula is C18H19N3O2. The van der Waals surface area contributed by atoms with E-state index in [-0.39, 0.29) is 11.4 Å². The molecule has 0 fully saturated rings. The summed E-state index contributed by atoms with van der Waals surface area (Å²) in [6.45, 7) is 5.38. The van der Waals surface area contributed by atoms with Crippen LogP contribution in [0.3, 0.4) is 0 Å². The number of carbonyl (C=O) groups excluding carboxylic acids is 1. The van der Waals surface area contributed by atoms with E-state index in [9.17, 15) is 10.1 Å². The van der Waals surface area contributed by atoms with E-state index in [1.165, 1.54) is 0 Å². The number of ether oxygens (including phenoxy) is 1. The first kappa shape index (κ1) is 16.5. The fourth-order valence-electron chi connectivity index (χ4n) is 2.10. The van der Waals surface area contributed by atoms with Gasteiger partial charge in [-0.15, -0.1) is 0 Å². The van der Waals surface area contributed by atoms with Crippen LogP contribution in [0, 0.1) is 16.7 Å². The van der Waals surface area contributed by atoms with Crippen molar-refractivity contribution < 1.29 is 9.53 Å². The highest BCUT2D eigenvalue weighted by Gasteiger charge is 2.25. The van der Waals surface area contributed by atoms with Gasteiger partial charge in [-0.05, 0) is 30.3 Å². The van der Waals surface area contributed by atoms with Gasteiger partial charge in [0.15, 0.2) is 5.78 Å². The Morgan fingerprint density at radius 1 is 1.30 bits per heavy atom. The van der Waals surface area contributed by atoms with Crippen LogP contribution in [0.4, 0.5) is 0 Å². The molecular weight excluding hydrogens is 290 g/mol. The first-order valence-electron chi connectivity index (χ1n) is 7.21. The van der Waals surface area contributed by atoms with Crippen LogP contribution in [0.15, 0.2) is 36.0 Å². The van der Waals surface area contributed by atoms with Crippen molar-refractivity contribution >= 4 is 11.9 Å². The fraction of sp³-hybridized carbons (Fsp3) is 0.278. The lowest BCUT2D eigenvalue weighted by molar-refractivity contribution is -0.121. The van der Waals surface area contributed by atoms with Crippen molar-refractivity contribution in [2.45, 2.75) is 20.8 Å². The Labute approximate surface area is 135 Å². The van der Waals surface area contributed by atoms with E-state index in [1.54, 1.807) is 40.2 Å². The summed E-state index contributed by atoms with van der Waals surface area (Å²) in [7, 11) is 1.61. The normalized spacial score (nSPS) is 11.9. The molecule has 2 aromatic rings. The minimum Gasteiger partial charge on any atom is -0.497 e. The molecule has 0 aliphatic carbocycles. The van der Waals surface area contributed by atoms with Crippen molar-refractivity contribution in [3.63, 3.8) is 0 Å². The number of methoxy groups -OCH3 is 1. The maximum atomic E-state index is 12.3. The predicted octanol–water partition coefficient (Wildman–Crippen LogP) is 3.61. The zero-order valence-corrected chi connectivity index (χ0v) is 13.7. The van der Waals surface area contributed by atoms with Crippen LogP contribution < -0.4 is 4.74 Å². The number of ketones is 1. The molecule has 0 aliphatic rings. The van der Waals surface area contributed by atoms with Gasteiger partial charge in [-0.3, -0.25) is 9.89 Å². The molecule has 0 unspecified atom stereocenters. The van der Waals surface area contributed by atoms with Crippen LogP contribution in [0.25, 0.3) is 17.3 Å². The van der Waals surface area contributed by atoms with E-state index in [4.69, 9.17) is 4.74 Å². The molecule has 23 heavy (non-hydrogen) atoms. The smallest absolute Gasteiger partial charge is 0.178 e. The monoisotopic (exact) mass is 309 g/mol. The summed E-state index contributed by atoms with van der Waals surface area (Å²) < 4.78 is 5.14. The van der Waals surface area contributed by atoms with Crippen molar-refractivity contribution in [3.05, 3.63) is 41.6 Å². The number of hydrogen-bond acceptors (Lipinski definition) is 4. The average Bonchev–Trinajstić information content (AvgIpc) is 2.99. The Kier molecular flexibility index (Phi) is 4.65. The van der Waals surface area contributed by atoms with Crippen LogP contribution in [0.2, 0.25) is 0 Å². The molecule has 0 saturated heterocycles. The zero-order valence-electron chi connectivity index (χ0n) is 13.7. The van der Waals surface area contributed by atoms with Gasteiger partial charge in [0.1, 0.15) is 11.8 Å². The number of nitriles is 1. The first-order valence-corrected chi connectivity index (χ1v) is 7.21. The maximum absolute atomic E-state index is 12.3. The number of aromatic amines is 1. The van der Waals surface area contributed by atoms with Gasteiger partial charge in [0.2, 0.25) is 0 Å². The Morgan fingerprint density at radius 2 is 1.96 bits per heavy atom. The number of carbonyl (C=O) groups is 1. The van der Waals surface area contributed by atoms with E-state index >= 15 is 0 Å². The van der Waals surface area contributed by atoms with Crippen molar-refractivity contribution in [1.82, 2.24) is 10.2 Å². The third kappa shape index (κ3) is 3.67. The van der Waals surface area contributed by atoms with Crippen molar-refractivity contribution in [1.29, 1.82) is 5.26 Å². The molecule has 1 heterocycles. The molecule has 0 radical (unpaired) electrons. The fourth-order valence-corrected chi connectivity index (χ4v) is 2.10. The second kappa shape index (κ2) is 6.49. The molecule has 0 bridgehead atoms. The summed E-state index contributed by atoms with van der Waals surface area (Å²) in [5.74, 6) is 0.563. The highest BCUT2D eigenvalue weighted by molar-refractivity contribution is 6.06. The molecule has 5 nitrogen and oxygen atoms in total. The summed E-state index contributed by atoms with van der Waals surface area (Å²) in [4.78, 5) is 12.3. The molecule has 118 valence electrons. The van der Waals surface area contributed by atoms with Gasteiger partial charge >= 0.3 is 0 Å². The molecule has 1 N–H and O–H groups in total. The van der Waals surface area contributed by atoms with E-state index in [2.05, 4.69) is 10.2 Å². The lowest BCUT2D eigenvalue weighted by Crippen LogP contribution is -2.21. The van der Waals surface area contributed by atoms with Gasteiger partial charge in [-0.25, -0.2) is 0 Å². The lowest BCUT2D eigenvalue weighted by atomic mass is 9.86. The average molecular weight is 309 g/mol. The molecule has 1 aromatic heterocycles. The third-order valence-corrected chi connectivity index (χ3v) is 3.39. The van der Waals surface area contributed by atoms with Crippen LogP contribution in [-0.2, 0) is 4.79 Å². The van der Waals surface area contributed by atoms with Gasteiger partial charge in [-0.2, -0.15) is 10.4 Å². The number of nitrogens with one attached hydrogen (secondary N) is 1. The van der Waals surface area contributed by atoms with Gasteiger partial charge < -0.3 is 4.74 Å². The summed E-state index contributed by atoms with van der Waals surface area (Å²) in [6, 6.07) is 9.46. The van der Waals surface area contributed by atoms with Gasteiger partial charge in [0.05, 0.1) is 24.6 Å². The second-order valence-corrected chi connectivity index (χ2v) is 6.18. The minimum absolute atomic E-state index is 0.119. The molecule has 0 spiro atoms. The van der Waals surface area contributed by atoms with Crippen LogP contribution in [0.1, 0.15) is 26.3 Å². The van der Waals surface area contributed by atoms with Crippen molar-refractivity contribution in [2.75, 3.05) is 7.11 Å². The second-order valence-electron chi connectivity index (χ2n) is 6.18. The number of nitrogens with zero attached hydrogens (tertiary/aromatic N) is 2. The van der Waals surface area contributed by atoms with E-state index in [0.29, 0.717) is 5.56 Å². The number of Topliss-reactive ketones (excluding diaryl/α,β-unsaturated/α-hetero) is 1. The van der Waals surface area contributed by atoms with Crippen LogP contribution >= 0.6 is 0 Å². The largest absolute Gasteiger partial charge is 0.497 e. The highest BCUT2D eigenvalue weighted by atomic mass is 16.5. The van der Waals surface area contributed by atoms with E-state index in [0.717, 1.165) is 17.0 Å². The number of rotatable bonds is 4. The topological polar surface area (TPSA) is 78.8 Å². The van der Waals surface area contributed by atoms with E-state index < -0.39 is 5.41 Å². The number of aromatic nitrogens is 2. The Morgan fingerprint density at radius 3 is 2.48 bits per heavy atom. The standard InChI is InChI=1S/C18H19N3O2/c1-18(2,3)17(22)13(10-19)9-14-11-20-21-16(14)12-5-7-15(23-4)8-6-12/h5-9,11H,1-4H3,(H,20,21)/b13-9-. The highest BCUT2D eigenvalue weighted by Crippen LogP contribution is 2.27. The molecule has 0 saturated carbocycles. The predicted molar refractivity (Wildman–Crippen MR) is 88.6 cm³/mol. The summed E-state index contributed by atoms with van der Waals surface area (Å²) in [5, 5.41) is 16.2. The summed E-state index contributed by atoms with van der Waals surface area (Å²) >= 11 is 0. The Bertz CT molecular complexity index is 772. The quantitative estimate of drug-likeness (QED) is 0.691. The van der Waals surface area contributed by atoms with Crippen molar-refractivity contribution in [3.8, 4) is 23.1 Å². The van der Waals surface area contributed by atoms with Gasteiger partial charge in [0, 0.05) is 16.5 Å². The molecule has 0 aliphatic heterocycles. The van der Waals surface area contributed by atoms with Crippen molar-refractivity contribution in [2.24, 2.45) is 5.41 Å². The molecule has 1 aromatic carbocycles. The Hall–Kier alpha value is -2.87. The zero-order chi connectivity index (χ0) is 17.0. The first-order chi connectivity index (χ1) is 10.9. The van der Waals surface area contributed by atoms with Crippen LogP contribution in [-0.4, -0.2) is 23.1 Å². The Balaban J connectivity index is 2.42. The molecule has 0 atom stereocenters. The minimum atomic E-state index is -0.606. The van der Waals surface area contributed by atoms with Gasteiger partial charge in [0.25, 0.3) is 0 Å². The number of H-pyrrole nitrogens is 1. The third-order valence-electron chi connectivity index (χ3n) is 3.39. The lowest BCUT2D eigenvalue weighted by Gasteiger charge is -2.15. The number of hydrogen-bond donors (Lipinski definition) is 1. The van der Waals surface area contributed by atoms with Crippen LogP contribution in [0.5, 0.6) is 5.75 Å². The summed E-state index contributed by atoms with van der Waals surface area (Å²) in [5.41, 5.74) is 1.86. The maximum Gasteiger partial charge on any atom is 0.178 e. The summed E-state index contributed by atoms with van der Waals surface area (Å²) in [6.07, 6.45) is 3.18. The number of allylic oxidation sites excluding steroid dienone is 1. The number of benzene rings is 1.